The van der Waals surface area contributed by atoms with Gasteiger partial charge in [-0.2, -0.15) is 0 Å². The smallest absolute Gasteiger partial charge is 0.271 e. The molecule has 0 amide bonds. The van der Waals surface area contributed by atoms with Crippen LogP contribution in [0.4, 0.5) is 5.69 Å². The van der Waals surface area contributed by atoms with E-state index in [1.165, 1.54) is 12.1 Å². The molecule has 7 heteroatoms. The highest BCUT2D eigenvalue weighted by atomic mass is 28.4. The molecule has 2 rings (SSSR count). The Labute approximate surface area is 137 Å². The molecule has 0 bridgehead atoms. The molecule has 2 aromatic rings. The van der Waals surface area contributed by atoms with Crippen molar-refractivity contribution in [3.05, 3.63) is 52.6 Å². The summed E-state index contributed by atoms with van der Waals surface area (Å²) in [7, 11) is -1.82. The quantitative estimate of drug-likeness (QED) is 0.464. The Morgan fingerprint density at radius 1 is 1.35 bits per heavy atom. The van der Waals surface area contributed by atoms with Gasteiger partial charge in [-0.25, -0.2) is 4.98 Å². The number of aromatic nitrogens is 2. The lowest BCUT2D eigenvalue weighted by Gasteiger charge is -2.35. The van der Waals surface area contributed by atoms with Crippen LogP contribution in [0.5, 0.6) is 0 Å². The molecule has 0 atom stereocenters. The molecule has 0 aliphatic heterocycles. The van der Waals surface area contributed by atoms with Gasteiger partial charge in [-0.05, 0) is 24.2 Å². The highest BCUT2D eigenvalue weighted by molar-refractivity contribution is 6.74. The number of rotatable bonds is 5. The van der Waals surface area contributed by atoms with Crippen LogP contribution < -0.4 is 0 Å². The molecule has 0 saturated carbocycles. The van der Waals surface area contributed by atoms with E-state index in [0.29, 0.717) is 12.3 Å². The molecule has 0 fully saturated rings. The van der Waals surface area contributed by atoms with Gasteiger partial charge in [0.2, 0.25) is 0 Å². The first kappa shape index (κ1) is 17.4. The number of imidazole rings is 1. The second-order valence-electron chi connectivity index (χ2n) is 7.10. The van der Waals surface area contributed by atoms with E-state index in [1.807, 2.05) is 12.3 Å². The molecule has 0 unspecified atom stereocenters. The zero-order valence-electron chi connectivity index (χ0n) is 14.2. The van der Waals surface area contributed by atoms with Crippen molar-refractivity contribution in [2.45, 2.75) is 45.5 Å². The number of nitro groups is 1. The summed E-state index contributed by atoms with van der Waals surface area (Å²) in [5, 5.41) is 11.0. The minimum Gasteiger partial charge on any atom is -0.411 e. The first-order valence-electron chi connectivity index (χ1n) is 7.52. The van der Waals surface area contributed by atoms with Crippen LogP contribution in [0, 0.1) is 10.1 Å². The van der Waals surface area contributed by atoms with E-state index in [1.54, 1.807) is 17.0 Å². The minimum absolute atomic E-state index is 0.0651. The van der Waals surface area contributed by atoms with E-state index in [4.69, 9.17) is 4.43 Å². The van der Waals surface area contributed by atoms with E-state index in [2.05, 4.69) is 38.8 Å². The van der Waals surface area contributed by atoms with Gasteiger partial charge >= 0.3 is 0 Å². The van der Waals surface area contributed by atoms with Crippen LogP contribution in [0.15, 0.2) is 36.8 Å². The van der Waals surface area contributed by atoms with Gasteiger partial charge in [0.05, 0.1) is 29.2 Å². The molecule has 0 N–H and O–H groups in total. The summed E-state index contributed by atoms with van der Waals surface area (Å²) in [6, 6.07) is 6.48. The van der Waals surface area contributed by atoms with Gasteiger partial charge in [0.1, 0.15) is 0 Å². The molecule has 0 aliphatic carbocycles. The molecule has 0 aliphatic rings. The average Bonchev–Trinajstić information content (AvgIpc) is 2.93. The molecule has 23 heavy (non-hydrogen) atoms. The van der Waals surface area contributed by atoms with Crippen LogP contribution in [0.2, 0.25) is 18.1 Å². The maximum atomic E-state index is 10.9. The maximum absolute atomic E-state index is 10.9. The highest BCUT2D eigenvalue weighted by Gasteiger charge is 2.37. The van der Waals surface area contributed by atoms with Gasteiger partial charge < -0.3 is 8.99 Å². The fraction of sp³-hybridized carbons (Fsp3) is 0.438. The van der Waals surface area contributed by atoms with Crippen LogP contribution in [0.3, 0.4) is 0 Å². The molecule has 124 valence electrons. The standard InChI is InChI=1S/C16H23N3O3Si/c1-16(2,3)23(4,5)22-11-13-10-18(12-17-13)14-7-6-8-15(9-14)19(20)21/h6-10,12H,11H2,1-5H3. The lowest BCUT2D eigenvalue weighted by Crippen LogP contribution is -2.40. The number of nitro benzene ring substituents is 1. The third-order valence-electron chi connectivity index (χ3n) is 4.36. The zero-order valence-corrected chi connectivity index (χ0v) is 15.2. The van der Waals surface area contributed by atoms with Crippen molar-refractivity contribution in [1.29, 1.82) is 0 Å². The van der Waals surface area contributed by atoms with Gasteiger partial charge in [-0.1, -0.05) is 26.8 Å². The molecule has 0 spiro atoms. The fourth-order valence-electron chi connectivity index (χ4n) is 1.82. The monoisotopic (exact) mass is 333 g/mol. The van der Waals surface area contributed by atoms with E-state index < -0.39 is 13.2 Å². The Balaban J connectivity index is 2.12. The van der Waals surface area contributed by atoms with E-state index >= 15 is 0 Å². The summed E-state index contributed by atoms with van der Waals surface area (Å²) < 4.78 is 7.92. The lowest BCUT2D eigenvalue weighted by molar-refractivity contribution is -0.384. The van der Waals surface area contributed by atoms with Crippen LogP contribution in [0.1, 0.15) is 26.5 Å². The predicted molar refractivity (Wildman–Crippen MR) is 92.2 cm³/mol. The molecule has 1 aromatic heterocycles. The number of hydrogen-bond donors (Lipinski definition) is 0. The minimum atomic E-state index is -1.82. The lowest BCUT2D eigenvalue weighted by atomic mass is 10.2. The topological polar surface area (TPSA) is 70.2 Å². The third kappa shape index (κ3) is 4.05. The first-order valence-corrected chi connectivity index (χ1v) is 10.4. The largest absolute Gasteiger partial charge is 0.411 e. The molecule has 1 heterocycles. The number of benzene rings is 1. The average molecular weight is 333 g/mol. The van der Waals surface area contributed by atoms with Gasteiger partial charge in [0.25, 0.3) is 5.69 Å². The number of hydrogen-bond acceptors (Lipinski definition) is 4. The third-order valence-corrected chi connectivity index (χ3v) is 8.84. The van der Waals surface area contributed by atoms with E-state index in [0.717, 1.165) is 5.69 Å². The molecule has 0 saturated heterocycles. The van der Waals surface area contributed by atoms with E-state index in [9.17, 15) is 10.1 Å². The maximum Gasteiger partial charge on any atom is 0.271 e. The summed E-state index contributed by atoms with van der Waals surface area (Å²) in [6.07, 6.45) is 3.51. The number of non-ortho nitro benzene ring substituents is 1. The van der Waals surface area contributed by atoms with Crippen molar-refractivity contribution in [3.63, 3.8) is 0 Å². The van der Waals surface area contributed by atoms with Crippen molar-refractivity contribution in [2.75, 3.05) is 0 Å². The van der Waals surface area contributed by atoms with Crippen LogP contribution in [-0.2, 0) is 11.0 Å². The van der Waals surface area contributed by atoms with Crippen molar-refractivity contribution in [1.82, 2.24) is 9.55 Å². The Kier molecular flexibility index (Phi) is 4.72. The molecule has 0 radical (unpaired) electrons. The Morgan fingerprint density at radius 3 is 2.65 bits per heavy atom. The van der Waals surface area contributed by atoms with Crippen LogP contribution >= 0.6 is 0 Å². The summed E-state index contributed by atoms with van der Waals surface area (Å²) in [6.45, 7) is 11.4. The second-order valence-corrected chi connectivity index (χ2v) is 11.9. The summed E-state index contributed by atoms with van der Waals surface area (Å²) >= 11 is 0. The Bertz CT molecular complexity index is 705. The van der Waals surface area contributed by atoms with Crippen LogP contribution in [0.25, 0.3) is 5.69 Å². The second kappa shape index (κ2) is 6.25. The van der Waals surface area contributed by atoms with Gasteiger partial charge in [-0.15, -0.1) is 0 Å². The van der Waals surface area contributed by atoms with Crippen molar-refractivity contribution in [2.24, 2.45) is 0 Å². The molecule has 1 aromatic carbocycles. The van der Waals surface area contributed by atoms with Gasteiger partial charge in [0, 0.05) is 18.3 Å². The molecular weight excluding hydrogens is 310 g/mol. The van der Waals surface area contributed by atoms with Crippen molar-refractivity contribution in [3.8, 4) is 5.69 Å². The predicted octanol–water partition coefficient (Wildman–Crippen LogP) is 4.30. The fourth-order valence-corrected chi connectivity index (χ4v) is 2.76. The normalized spacial score (nSPS) is 12.4. The number of nitrogens with zero attached hydrogens (tertiary/aromatic N) is 3. The van der Waals surface area contributed by atoms with Gasteiger partial charge in [-0.3, -0.25) is 10.1 Å². The Morgan fingerprint density at radius 2 is 2.04 bits per heavy atom. The van der Waals surface area contributed by atoms with E-state index in [-0.39, 0.29) is 10.7 Å². The highest BCUT2D eigenvalue weighted by Crippen LogP contribution is 2.37. The Hall–Kier alpha value is -1.99. The summed E-state index contributed by atoms with van der Waals surface area (Å²) in [4.78, 5) is 14.8. The summed E-state index contributed by atoms with van der Waals surface area (Å²) in [5.74, 6) is 0. The van der Waals surface area contributed by atoms with Crippen LogP contribution in [-0.4, -0.2) is 22.8 Å². The SMILES string of the molecule is CC(C)(C)[Si](C)(C)OCc1cn(-c2cccc([N+](=O)[O-])c2)cn1. The zero-order chi connectivity index (χ0) is 17.3. The summed E-state index contributed by atoms with van der Waals surface area (Å²) in [5.41, 5.74) is 1.60. The van der Waals surface area contributed by atoms with Gasteiger partial charge in [0.15, 0.2) is 8.32 Å². The van der Waals surface area contributed by atoms with Crippen molar-refractivity contribution >= 4 is 14.0 Å². The van der Waals surface area contributed by atoms with Crippen molar-refractivity contribution < 1.29 is 9.35 Å². The molecule has 6 nitrogen and oxygen atoms in total. The molecular formula is C16H23N3O3Si. The first-order chi connectivity index (χ1) is 10.6.